The smallest absolute Gasteiger partial charge is 0.323 e. The number of methoxy groups -OCH3 is 1. The van der Waals surface area contributed by atoms with Crippen LogP contribution < -0.4 is 4.74 Å². The minimum atomic E-state index is -0.939. The highest BCUT2D eigenvalue weighted by Crippen LogP contribution is 2.27. The lowest BCUT2D eigenvalue weighted by Crippen LogP contribution is -2.37. The van der Waals surface area contributed by atoms with Crippen LogP contribution >= 0.6 is 0 Å². The minimum absolute atomic E-state index is 0.0478. The first-order chi connectivity index (χ1) is 10.1. The van der Waals surface area contributed by atoms with E-state index in [2.05, 4.69) is 0 Å². The molecule has 0 radical (unpaired) electrons. The van der Waals surface area contributed by atoms with Gasteiger partial charge in [-0.2, -0.15) is 0 Å². The molecule has 1 saturated carbocycles. The number of carbonyl (C=O) groups is 2. The molecular weight excluding hydrogens is 270 g/mol. The van der Waals surface area contributed by atoms with Gasteiger partial charge in [0.05, 0.1) is 7.11 Å². The number of hydrogen-bond donors (Lipinski definition) is 1. The molecule has 0 aliphatic heterocycles. The Balaban J connectivity index is 1.78. The zero-order valence-corrected chi connectivity index (χ0v) is 12.2. The number of ether oxygens (including phenoxy) is 1. The molecule has 2 rings (SSSR count). The third-order valence-electron chi connectivity index (χ3n) is 3.63. The summed E-state index contributed by atoms with van der Waals surface area (Å²) >= 11 is 0. The first-order valence-corrected chi connectivity index (χ1v) is 7.24. The largest absolute Gasteiger partial charge is 0.497 e. The Morgan fingerprint density at radius 1 is 1.29 bits per heavy atom. The van der Waals surface area contributed by atoms with Crippen LogP contribution in [0.25, 0.3) is 0 Å². The molecule has 0 aromatic heterocycles. The van der Waals surface area contributed by atoms with E-state index < -0.39 is 5.97 Å². The fraction of sp³-hybridized carbons (Fsp3) is 0.500. The molecule has 0 spiro atoms. The highest BCUT2D eigenvalue weighted by atomic mass is 16.5. The highest BCUT2D eigenvalue weighted by molar-refractivity contribution is 5.81. The summed E-state index contributed by atoms with van der Waals surface area (Å²) in [7, 11) is 1.63. The van der Waals surface area contributed by atoms with Gasteiger partial charge >= 0.3 is 5.97 Å². The predicted octanol–water partition coefficient (Wildman–Crippen LogP) is 2.09. The molecule has 0 heterocycles. The normalized spacial score (nSPS) is 13.8. The van der Waals surface area contributed by atoms with Crippen LogP contribution in [0.5, 0.6) is 5.75 Å². The summed E-state index contributed by atoms with van der Waals surface area (Å²) in [5, 5.41) is 8.86. The lowest BCUT2D eigenvalue weighted by atomic mass is 10.1. The van der Waals surface area contributed by atoms with E-state index in [4.69, 9.17) is 9.84 Å². The van der Waals surface area contributed by atoms with Crippen molar-refractivity contribution in [2.75, 3.05) is 13.7 Å². The highest BCUT2D eigenvalue weighted by Gasteiger charge is 2.33. The molecule has 21 heavy (non-hydrogen) atoms. The molecule has 1 fully saturated rings. The Morgan fingerprint density at radius 2 is 1.95 bits per heavy atom. The number of amides is 1. The molecule has 1 aliphatic rings. The van der Waals surface area contributed by atoms with E-state index >= 15 is 0 Å². The van der Waals surface area contributed by atoms with Crippen LogP contribution in [-0.4, -0.2) is 41.6 Å². The van der Waals surface area contributed by atoms with Crippen LogP contribution in [0.2, 0.25) is 0 Å². The third-order valence-corrected chi connectivity index (χ3v) is 3.63. The van der Waals surface area contributed by atoms with Crippen molar-refractivity contribution >= 4 is 11.9 Å². The Kier molecular flexibility index (Phi) is 5.20. The molecule has 1 aromatic carbocycles. The van der Waals surface area contributed by atoms with Gasteiger partial charge in [0, 0.05) is 12.5 Å². The van der Waals surface area contributed by atoms with Gasteiger partial charge in [-0.25, -0.2) is 0 Å². The van der Waals surface area contributed by atoms with Crippen molar-refractivity contribution in [3.63, 3.8) is 0 Å². The molecule has 0 atom stereocenters. The van der Waals surface area contributed by atoms with Gasteiger partial charge in [0.15, 0.2) is 0 Å². The lowest BCUT2D eigenvalue weighted by molar-refractivity contribution is -0.144. The van der Waals surface area contributed by atoms with Gasteiger partial charge in [-0.3, -0.25) is 9.59 Å². The molecule has 5 nitrogen and oxygen atoms in total. The SMILES string of the molecule is COc1ccc(CCCC(=O)N(CC(=O)O)C2CC2)cc1. The molecule has 1 amide bonds. The summed E-state index contributed by atoms with van der Waals surface area (Å²) in [5.41, 5.74) is 1.15. The van der Waals surface area contributed by atoms with Crippen LogP contribution in [-0.2, 0) is 16.0 Å². The van der Waals surface area contributed by atoms with Gasteiger partial charge in [-0.1, -0.05) is 12.1 Å². The first kappa shape index (κ1) is 15.4. The summed E-state index contributed by atoms with van der Waals surface area (Å²) in [6.07, 6.45) is 3.79. The zero-order chi connectivity index (χ0) is 15.2. The van der Waals surface area contributed by atoms with E-state index in [1.165, 1.54) is 4.90 Å². The quantitative estimate of drug-likeness (QED) is 0.796. The zero-order valence-electron chi connectivity index (χ0n) is 12.2. The van der Waals surface area contributed by atoms with Crippen molar-refractivity contribution in [3.8, 4) is 5.75 Å². The summed E-state index contributed by atoms with van der Waals surface area (Å²) < 4.78 is 5.10. The average molecular weight is 291 g/mol. The summed E-state index contributed by atoms with van der Waals surface area (Å²) in [6.45, 7) is -0.175. The van der Waals surface area contributed by atoms with E-state index in [0.717, 1.165) is 37.0 Å². The molecule has 114 valence electrons. The topological polar surface area (TPSA) is 66.8 Å². The number of rotatable bonds is 8. The van der Waals surface area contributed by atoms with Crippen LogP contribution in [0.1, 0.15) is 31.2 Å². The van der Waals surface area contributed by atoms with Crippen molar-refractivity contribution < 1.29 is 19.4 Å². The molecule has 0 bridgehead atoms. The predicted molar refractivity (Wildman–Crippen MR) is 78.3 cm³/mol. The number of carbonyl (C=O) groups excluding carboxylic acids is 1. The number of carboxylic acids is 1. The van der Waals surface area contributed by atoms with E-state index in [9.17, 15) is 9.59 Å². The van der Waals surface area contributed by atoms with Crippen LogP contribution in [0.4, 0.5) is 0 Å². The minimum Gasteiger partial charge on any atom is -0.497 e. The molecular formula is C16H21NO4. The molecule has 1 N–H and O–H groups in total. The van der Waals surface area contributed by atoms with Crippen molar-refractivity contribution in [2.45, 2.75) is 38.1 Å². The number of aryl methyl sites for hydroxylation is 1. The summed E-state index contributed by atoms with van der Waals surface area (Å²) in [6, 6.07) is 7.92. The Morgan fingerprint density at radius 3 is 2.48 bits per heavy atom. The summed E-state index contributed by atoms with van der Waals surface area (Å²) in [5.74, 6) is -0.171. The fourth-order valence-electron chi connectivity index (χ4n) is 2.33. The second-order valence-electron chi connectivity index (χ2n) is 5.35. The van der Waals surface area contributed by atoms with E-state index in [0.29, 0.717) is 6.42 Å². The fourth-order valence-corrected chi connectivity index (χ4v) is 2.33. The van der Waals surface area contributed by atoms with Crippen LogP contribution in [0, 0.1) is 0 Å². The van der Waals surface area contributed by atoms with Crippen LogP contribution in [0.3, 0.4) is 0 Å². The van der Waals surface area contributed by atoms with E-state index in [1.54, 1.807) is 7.11 Å². The number of hydrogen-bond acceptors (Lipinski definition) is 3. The Labute approximate surface area is 124 Å². The lowest BCUT2D eigenvalue weighted by Gasteiger charge is -2.20. The van der Waals surface area contributed by atoms with Gasteiger partial charge in [0.2, 0.25) is 5.91 Å². The summed E-state index contributed by atoms with van der Waals surface area (Å²) in [4.78, 5) is 24.4. The van der Waals surface area contributed by atoms with Gasteiger partial charge in [-0.05, 0) is 43.4 Å². The Hall–Kier alpha value is -2.04. The molecule has 1 aliphatic carbocycles. The maximum Gasteiger partial charge on any atom is 0.323 e. The van der Waals surface area contributed by atoms with Gasteiger partial charge in [-0.15, -0.1) is 0 Å². The molecule has 5 heteroatoms. The number of nitrogens with zero attached hydrogens (tertiary/aromatic N) is 1. The number of benzene rings is 1. The molecule has 0 unspecified atom stereocenters. The first-order valence-electron chi connectivity index (χ1n) is 7.24. The third kappa shape index (κ3) is 4.77. The standard InChI is InChI=1S/C16H21NO4/c1-21-14-9-5-12(6-10-14)3-2-4-15(18)17(11-16(19)20)13-7-8-13/h5-6,9-10,13H,2-4,7-8,11H2,1H3,(H,19,20). The molecule has 1 aromatic rings. The van der Waals surface area contributed by atoms with E-state index in [-0.39, 0.29) is 18.5 Å². The average Bonchev–Trinajstić information content (AvgIpc) is 3.29. The van der Waals surface area contributed by atoms with Crippen molar-refractivity contribution in [1.82, 2.24) is 4.90 Å². The van der Waals surface area contributed by atoms with Gasteiger partial charge in [0.25, 0.3) is 0 Å². The number of carboxylic acid groups (broad SMARTS) is 1. The van der Waals surface area contributed by atoms with Crippen LogP contribution in [0.15, 0.2) is 24.3 Å². The molecule has 0 saturated heterocycles. The van der Waals surface area contributed by atoms with Crippen molar-refractivity contribution in [3.05, 3.63) is 29.8 Å². The Bertz CT molecular complexity index is 494. The second kappa shape index (κ2) is 7.11. The van der Waals surface area contributed by atoms with E-state index in [1.807, 2.05) is 24.3 Å². The second-order valence-corrected chi connectivity index (χ2v) is 5.35. The number of aliphatic carboxylic acids is 1. The van der Waals surface area contributed by atoms with Crippen molar-refractivity contribution in [1.29, 1.82) is 0 Å². The maximum atomic E-state index is 12.1. The monoisotopic (exact) mass is 291 g/mol. The van der Waals surface area contributed by atoms with Crippen molar-refractivity contribution in [2.24, 2.45) is 0 Å². The maximum absolute atomic E-state index is 12.1. The van der Waals surface area contributed by atoms with Gasteiger partial charge in [0.1, 0.15) is 12.3 Å². The van der Waals surface area contributed by atoms with Gasteiger partial charge < -0.3 is 14.7 Å².